The highest BCUT2D eigenvalue weighted by molar-refractivity contribution is 7.13. The van der Waals surface area contributed by atoms with Gasteiger partial charge in [-0.1, -0.05) is 32.9 Å². The highest BCUT2D eigenvalue weighted by Gasteiger charge is 2.23. The Bertz CT molecular complexity index is 651. The molecule has 0 radical (unpaired) electrons. The number of rotatable bonds is 2. The number of anilines is 1. The number of aromatic nitrogens is 1. The van der Waals surface area contributed by atoms with Crippen molar-refractivity contribution in [3.05, 3.63) is 47.0 Å². The maximum Gasteiger partial charge on any atom is 0.253 e. The highest BCUT2D eigenvalue weighted by atomic mass is 32.1. The van der Waals surface area contributed by atoms with Crippen LogP contribution in [0.25, 0.3) is 0 Å². The van der Waals surface area contributed by atoms with Crippen molar-refractivity contribution in [1.29, 1.82) is 0 Å². The van der Waals surface area contributed by atoms with Crippen molar-refractivity contribution in [2.45, 2.75) is 26.2 Å². The van der Waals surface area contributed by atoms with Crippen molar-refractivity contribution in [2.24, 2.45) is 0 Å². The van der Waals surface area contributed by atoms with E-state index >= 15 is 0 Å². The molecule has 2 aromatic rings. The van der Waals surface area contributed by atoms with Crippen LogP contribution in [0.5, 0.6) is 0 Å². The van der Waals surface area contributed by atoms with Gasteiger partial charge in [-0.15, -0.1) is 11.3 Å². The molecule has 3 rings (SSSR count). The van der Waals surface area contributed by atoms with Crippen molar-refractivity contribution in [1.82, 2.24) is 9.88 Å². The van der Waals surface area contributed by atoms with E-state index in [2.05, 4.69) is 42.8 Å². The molecule has 5 heteroatoms. The van der Waals surface area contributed by atoms with E-state index in [4.69, 9.17) is 0 Å². The molecular formula is C18H23N3OS. The second-order valence-electron chi connectivity index (χ2n) is 6.92. The molecule has 1 amide bonds. The van der Waals surface area contributed by atoms with Gasteiger partial charge in [0, 0.05) is 43.3 Å². The van der Waals surface area contributed by atoms with E-state index in [9.17, 15) is 4.79 Å². The predicted molar refractivity (Wildman–Crippen MR) is 95.4 cm³/mol. The van der Waals surface area contributed by atoms with Crippen LogP contribution in [0.1, 0.15) is 36.7 Å². The summed E-state index contributed by atoms with van der Waals surface area (Å²) < 4.78 is 0. The summed E-state index contributed by atoms with van der Waals surface area (Å²) in [6.45, 7) is 9.74. The Kier molecular flexibility index (Phi) is 4.39. The van der Waals surface area contributed by atoms with E-state index in [1.54, 1.807) is 11.3 Å². The molecule has 1 fully saturated rings. The number of carbonyl (C=O) groups is 1. The normalized spacial score (nSPS) is 15.8. The number of hydrogen-bond donors (Lipinski definition) is 0. The fourth-order valence-electron chi connectivity index (χ4n) is 2.77. The second-order valence-corrected chi connectivity index (χ2v) is 7.79. The minimum Gasteiger partial charge on any atom is -0.345 e. The van der Waals surface area contributed by atoms with Crippen LogP contribution in [0.2, 0.25) is 0 Å². The van der Waals surface area contributed by atoms with Crippen molar-refractivity contribution in [3.8, 4) is 0 Å². The van der Waals surface area contributed by atoms with Gasteiger partial charge < -0.3 is 9.80 Å². The summed E-state index contributed by atoms with van der Waals surface area (Å²) in [5.74, 6) is 0.129. The molecule has 23 heavy (non-hydrogen) atoms. The first-order valence-electron chi connectivity index (χ1n) is 7.99. The average Bonchev–Trinajstić information content (AvgIpc) is 3.08. The standard InChI is InChI=1S/C18H23N3OS/c1-18(2,3)15-6-4-14(5-7-15)16(22)20-9-11-21(12-10-20)17-19-8-13-23-17/h4-8,13H,9-12H2,1-3H3. The molecule has 1 aliphatic rings. The van der Waals surface area contributed by atoms with E-state index < -0.39 is 0 Å². The fourth-order valence-corrected chi connectivity index (χ4v) is 3.47. The molecule has 0 N–H and O–H groups in total. The third-order valence-corrected chi connectivity index (χ3v) is 5.09. The quantitative estimate of drug-likeness (QED) is 0.847. The van der Waals surface area contributed by atoms with E-state index in [-0.39, 0.29) is 11.3 Å². The molecule has 0 saturated carbocycles. The molecule has 0 unspecified atom stereocenters. The summed E-state index contributed by atoms with van der Waals surface area (Å²) >= 11 is 1.65. The Balaban J connectivity index is 1.63. The fraction of sp³-hybridized carbons (Fsp3) is 0.444. The first kappa shape index (κ1) is 16.0. The van der Waals surface area contributed by atoms with Crippen LogP contribution in [0, 0.1) is 0 Å². The SMILES string of the molecule is CC(C)(C)c1ccc(C(=O)N2CCN(c3nccs3)CC2)cc1. The topological polar surface area (TPSA) is 36.4 Å². The monoisotopic (exact) mass is 329 g/mol. The lowest BCUT2D eigenvalue weighted by molar-refractivity contribution is 0.0746. The summed E-state index contributed by atoms with van der Waals surface area (Å²) in [7, 11) is 0. The van der Waals surface area contributed by atoms with Gasteiger partial charge in [0.2, 0.25) is 0 Å². The lowest BCUT2D eigenvalue weighted by atomic mass is 9.86. The zero-order chi connectivity index (χ0) is 16.4. The molecule has 2 heterocycles. The molecule has 0 atom stereocenters. The van der Waals surface area contributed by atoms with Gasteiger partial charge in [0.15, 0.2) is 5.13 Å². The molecular weight excluding hydrogens is 306 g/mol. The highest BCUT2D eigenvalue weighted by Crippen LogP contribution is 2.23. The predicted octanol–water partition coefficient (Wildman–Crippen LogP) is 3.40. The van der Waals surface area contributed by atoms with E-state index in [0.717, 1.165) is 36.9 Å². The summed E-state index contributed by atoms with van der Waals surface area (Å²) in [6, 6.07) is 8.05. The van der Waals surface area contributed by atoms with Gasteiger partial charge in [-0.25, -0.2) is 4.98 Å². The maximum atomic E-state index is 12.6. The van der Waals surface area contributed by atoms with E-state index in [1.807, 2.05) is 28.6 Å². The van der Waals surface area contributed by atoms with Crippen LogP contribution in [0.4, 0.5) is 5.13 Å². The van der Waals surface area contributed by atoms with Gasteiger partial charge in [-0.3, -0.25) is 4.79 Å². The van der Waals surface area contributed by atoms with Crippen LogP contribution in [0.15, 0.2) is 35.8 Å². The number of thiazole rings is 1. The van der Waals surface area contributed by atoms with Crippen molar-refractivity contribution in [2.75, 3.05) is 31.1 Å². The molecule has 0 aliphatic carbocycles. The van der Waals surface area contributed by atoms with Gasteiger partial charge in [0.05, 0.1) is 0 Å². The molecule has 1 aromatic heterocycles. The van der Waals surface area contributed by atoms with Crippen LogP contribution in [-0.4, -0.2) is 42.0 Å². The maximum absolute atomic E-state index is 12.6. The number of carbonyl (C=O) groups excluding carboxylic acids is 1. The van der Waals surface area contributed by atoms with Gasteiger partial charge in [0.25, 0.3) is 5.91 Å². The van der Waals surface area contributed by atoms with E-state index in [1.165, 1.54) is 5.56 Å². The largest absolute Gasteiger partial charge is 0.345 e. The Morgan fingerprint density at radius 3 is 2.26 bits per heavy atom. The Hall–Kier alpha value is -1.88. The number of piperazine rings is 1. The smallest absolute Gasteiger partial charge is 0.253 e. The zero-order valence-electron chi connectivity index (χ0n) is 14.0. The summed E-state index contributed by atoms with van der Waals surface area (Å²) in [6.07, 6.45) is 1.83. The third-order valence-electron chi connectivity index (χ3n) is 4.25. The number of amides is 1. The summed E-state index contributed by atoms with van der Waals surface area (Å²) in [4.78, 5) is 21.2. The van der Waals surface area contributed by atoms with Gasteiger partial charge in [-0.05, 0) is 23.1 Å². The number of hydrogen-bond acceptors (Lipinski definition) is 4. The molecule has 0 spiro atoms. The Morgan fingerprint density at radius 1 is 1.09 bits per heavy atom. The van der Waals surface area contributed by atoms with Crippen molar-refractivity contribution >= 4 is 22.4 Å². The van der Waals surface area contributed by atoms with Crippen LogP contribution >= 0.6 is 11.3 Å². The lowest BCUT2D eigenvalue weighted by Crippen LogP contribution is -2.48. The zero-order valence-corrected chi connectivity index (χ0v) is 14.8. The molecule has 122 valence electrons. The van der Waals surface area contributed by atoms with Gasteiger partial charge in [-0.2, -0.15) is 0 Å². The first-order valence-corrected chi connectivity index (χ1v) is 8.87. The van der Waals surface area contributed by atoms with Crippen LogP contribution in [-0.2, 0) is 5.41 Å². The number of benzene rings is 1. The van der Waals surface area contributed by atoms with Gasteiger partial charge >= 0.3 is 0 Å². The molecule has 1 aliphatic heterocycles. The van der Waals surface area contributed by atoms with Crippen LogP contribution in [0.3, 0.4) is 0 Å². The molecule has 1 aromatic carbocycles. The molecule has 1 saturated heterocycles. The van der Waals surface area contributed by atoms with Gasteiger partial charge in [0.1, 0.15) is 0 Å². The van der Waals surface area contributed by atoms with Crippen molar-refractivity contribution < 1.29 is 4.79 Å². The van der Waals surface area contributed by atoms with Crippen molar-refractivity contribution in [3.63, 3.8) is 0 Å². The summed E-state index contributed by atoms with van der Waals surface area (Å²) in [5, 5.41) is 3.04. The Labute approximate surface area is 141 Å². The van der Waals surface area contributed by atoms with Crippen LogP contribution < -0.4 is 4.90 Å². The number of nitrogens with zero attached hydrogens (tertiary/aromatic N) is 3. The first-order chi connectivity index (χ1) is 10.9. The lowest BCUT2D eigenvalue weighted by Gasteiger charge is -2.34. The molecule has 4 nitrogen and oxygen atoms in total. The molecule has 0 bridgehead atoms. The third kappa shape index (κ3) is 3.55. The van der Waals surface area contributed by atoms with E-state index in [0.29, 0.717) is 0 Å². The minimum absolute atomic E-state index is 0.112. The minimum atomic E-state index is 0.112. The Morgan fingerprint density at radius 2 is 1.74 bits per heavy atom. The summed E-state index contributed by atoms with van der Waals surface area (Å²) in [5.41, 5.74) is 2.14. The second kappa shape index (κ2) is 6.32. The average molecular weight is 329 g/mol.